The fraction of sp³-hybridized carbons (Fsp3) is 0.0909. The van der Waals surface area contributed by atoms with Crippen LogP contribution in [0.15, 0.2) is 84.0 Å². The molecule has 0 unspecified atom stereocenters. The summed E-state index contributed by atoms with van der Waals surface area (Å²) in [5.74, 6) is -0.424. The molecule has 3 rings (SSSR count). The molecule has 1 amide bonds. The number of benzene rings is 3. The minimum Gasteiger partial charge on any atom is -0.504 e. The molecule has 0 heterocycles. The molecule has 5 nitrogen and oxygen atoms in total. The van der Waals surface area contributed by atoms with Crippen molar-refractivity contribution in [3.63, 3.8) is 0 Å². The average Bonchev–Trinajstić information content (AvgIpc) is 2.71. The zero-order valence-corrected chi connectivity index (χ0v) is 14.9. The maximum Gasteiger partial charge on any atom is 0.252 e. The molecule has 0 aliphatic carbocycles. The SMILES string of the molecule is COc1cccc(/C=N\NC(=O)C(c2ccccc2)c2ccccc2)c1O. The fourth-order valence-corrected chi connectivity index (χ4v) is 2.82. The molecular formula is C22H20N2O3. The molecule has 136 valence electrons. The van der Waals surface area contributed by atoms with Gasteiger partial charge in [0.05, 0.1) is 19.2 Å². The van der Waals surface area contributed by atoms with Crippen LogP contribution in [0.2, 0.25) is 0 Å². The lowest BCUT2D eigenvalue weighted by Gasteiger charge is -2.16. The summed E-state index contributed by atoms with van der Waals surface area (Å²) in [4.78, 5) is 12.8. The molecular weight excluding hydrogens is 340 g/mol. The summed E-state index contributed by atoms with van der Waals surface area (Å²) in [6.07, 6.45) is 1.39. The highest BCUT2D eigenvalue weighted by Gasteiger charge is 2.22. The number of nitrogens with zero attached hydrogens (tertiary/aromatic N) is 1. The molecule has 0 aliphatic heterocycles. The highest BCUT2D eigenvalue weighted by molar-refractivity contribution is 5.89. The number of phenolic OH excluding ortho intramolecular Hbond substituents is 1. The predicted molar refractivity (Wildman–Crippen MR) is 105 cm³/mol. The summed E-state index contributed by atoms with van der Waals surface area (Å²) in [6.45, 7) is 0. The van der Waals surface area contributed by atoms with Crippen LogP contribution in [0.1, 0.15) is 22.6 Å². The average molecular weight is 360 g/mol. The largest absolute Gasteiger partial charge is 0.504 e. The molecule has 3 aromatic carbocycles. The number of carbonyl (C=O) groups excluding carboxylic acids is 1. The zero-order chi connectivity index (χ0) is 19.1. The maximum atomic E-state index is 12.8. The second kappa shape index (κ2) is 8.67. The van der Waals surface area contributed by atoms with Crippen LogP contribution in [-0.4, -0.2) is 24.3 Å². The van der Waals surface area contributed by atoms with Crippen molar-refractivity contribution in [1.29, 1.82) is 0 Å². The zero-order valence-electron chi connectivity index (χ0n) is 14.9. The van der Waals surface area contributed by atoms with Crippen LogP contribution in [0.25, 0.3) is 0 Å². The Hall–Kier alpha value is -3.60. The number of hydrogen-bond donors (Lipinski definition) is 2. The first-order valence-corrected chi connectivity index (χ1v) is 8.49. The van der Waals surface area contributed by atoms with Gasteiger partial charge in [0.1, 0.15) is 0 Å². The van der Waals surface area contributed by atoms with E-state index in [1.54, 1.807) is 18.2 Å². The quantitative estimate of drug-likeness (QED) is 0.520. The molecule has 0 spiro atoms. The number of amides is 1. The Bertz CT molecular complexity index is 885. The van der Waals surface area contributed by atoms with Crippen LogP contribution >= 0.6 is 0 Å². The molecule has 0 aromatic heterocycles. The summed E-state index contributed by atoms with van der Waals surface area (Å²) in [7, 11) is 1.47. The first kappa shape index (κ1) is 18.2. The molecule has 0 saturated carbocycles. The van der Waals surface area contributed by atoms with Gasteiger partial charge >= 0.3 is 0 Å². The van der Waals surface area contributed by atoms with E-state index in [1.807, 2.05) is 60.7 Å². The Morgan fingerprint density at radius 1 is 0.963 bits per heavy atom. The van der Waals surface area contributed by atoms with E-state index in [-0.39, 0.29) is 11.7 Å². The van der Waals surface area contributed by atoms with Gasteiger partial charge in [-0.25, -0.2) is 5.43 Å². The van der Waals surface area contributed by atoms with Gasteiger partial charge in [0.2, 0.25) is 0 Å². The minimum absolute atomic E-state index is 0.0272. The minimum atomic E-state index is -0.483. The number of carbonyl (C=O) groups is 1. The number of hydrazone groups is 1. The first-order valence-electron chi connectivity index (χ1n) is 8.49. The van der Waals surface area contributed by atoms with Gasteiger partial charge in [-0.1, -0.05) is 66.7 Å². The topological polar surface area (TPSA) is 70.9 Å². The van der Waals surface area contributed by atoms with Crippen molar-refractivity contribution >= 4 is 12.1 Å². The van der Waals surface area contributed by atoms with Gasteiger partial charge < -0.3 is 9.84 Å². The third kappa shape index (κ3) is 4.33. The standard InChI is InChI=1S/C22H20N2O3/c1-27-19-14-8-13-18(21(19)25)15-23-24-22(26)20(16-9-4-2-5-10-16)17-11-6-3-7-12-17/h2-15,20,25H,1H3,(H,24,26)/b23-15-. The second-order valence-corrected chi connectivity index (χ2v) is 5.89. The van der Waals surface area contributed by atoms with Gasteiger partial charge in [-0.15, -0.1) is 0 Å². The third-order valence-electron chi connectivity index (χ3n) is 4.16. The van der Waals surface area contributed by atoms with Crippen LogP contribution in [0.3, 0.4) is 0 Å². The van der Waals surface area contributed by atoms with Crippen molar-refractivity contribution in [1.82, 2.24) is 5.43 Å². The van der Waals surface area contributed by atoms with E-state index in [0.29, 0.717) is 11.3 Å². The number of para-hydroxylation sites is 1. The lowest BCUT2D eigenvalue weighted by Crippen LogP contribution is -2.26. The number of phenols is 1. The molecule has 0 radical (unpaired) electrons. The van der Waals surface area contributed by atoms with E-state index in [4.69, 9.17) is 4.74 Å². The summed E-state index contributed by atoms with van der Waals surface area (Å²) < 4.78 is 5.07. The van der Waals surface area contributed by atoms with Crippen LogP contribution < -0.4 is 10.2 Å². The molecule has 27 heavy (non-hydrogen) atoms. The highest BCUT2D eigenvalue weighted by atomic mass is 16.5. The van der Waals surface area contributed by atoms with Gasteiger partial charge in [-0.05, 0) is 23.3 Å². The molecule has 0 bridgehead atoms. The Kier molecular flexibility index (Phi) is 5.84. The van der Waals surface area contributed by atoms with Gasteiger partial charge in [-0.3, -0.25) is 4.79 Å². The lowest BCUT2D eigenvalue weighted by atomic mass is 9.91. The summed E-state index contributed by atoms with van der Waals surface area (Å²) >= 11 is 0. The number of nitrogens with one attached hydrogen (secondary N) is 1. The third-order valence-corrected chi connectivity index (χ3v) is 4.16. The predicted octanol–water partition coefficient (Wildman–Crippen LogP) is 3.68. The molecule has 2 N–H and O–H groups in total. The van der Waals surface area contributed by atoms with Gasteiger partial charge in [-0.2, -0.15) is 5.10 Å². The van der Waals surface area contributed by atoms with E-state index in [2.05, 4.69) is 10.5 Å². The molecule has 5 heteroatoms. The van der Waals surface area contributed by atoms with Crippen molar-refractivity contribution in [2.45, 2.75) is 5.92 Å². The van der Waals surface area contributed by atoms with E-state index in [0.717, 1.165) is 11.1 Å². The number of hydrogen-bond acceptors (Lipinski definition) is 4. The van der Waals surface area contributed by atoms with Crippen molar-refractivity contribution in [3.8, 4) is 11.5 Å². The Morgan fingerprint density at radius 3 is 2.11 bits per heavy atom. The van der Waals surface area contributed by atoms with Crippen molar-refractivity contribution < 1.29 is 14.6 Å². The van der Waals surface area contributed by atoms with Crippen LogP contribution in [0.5, 0.6) is 11.5 Å². The number of aromatic hydroxyl groups is 1. The van der Waals surface area contributed by atoms with Gasteiger partial charge in [0.25, 0.3) is 5.91 Å². The van der Waals surface area contributed by atoms with Crippen molar-refractivity contribution in [2.24, 2.45) is 5.10 Å². The van der Waals surface area contributed by atoms with E-state index < -0.39 is 5.92 Å². The summed E-state index contributed by atoms with van der Waals surface area (Å²) in [6, 6.07) is 24.1. The van der Waals surface area contributed by atoms with Crippen LogP contribution in [0.4, 0.5) is 0 Å². The molecule has 0 fully saturated rings. The summed E-state index contributed by atoms with van der Waals surface area (Å²) in [5, 5.41) is 14.1. The second-order valence-electron chi connectivity index (χ2n) is 5.89. The first-order chi connectivity index (χ1) is 13.2. The molecule has 0 saturated heterocycles. The van der Waals surface area contributed by atoms with Crippen molar-refractivity contribution in [3.05, 3.63) is 95.6 Å². The Balaban J connectivity index is 1.82. The molecule has 0 aliphatic rings. The van der Waals surface area contributed by atoms with Crippen LogP contribution in [-0.2, 0) is 4.79 Å². The molecule has 3 aromatic rings. The monoisotopic (exact) mass is 360 g/mol. The maximum absolute atomic E-state index is 12.8. The number of rotatable bonds is 6. The van der Waals surface area contributed by atoms with Gasteiger partial charge in [0.15, 0.2) is 11.5 Å². The normalized spacial score (nSPS) is 10.9. The van der Waals surface area contributed by atoms with Crippen molar-refractivity contribution in [2.75, 3.05) is 7.11 Å². The fourth-order valence-electron chi connectivity index (χ4n) is 2.82. The van der Waals surface area contributed by atoms with E-state index >= 15 is 0 Å². The smallest absolute Gasteiger partial charge is 0.252 e. The Morgan fingerprint density at radius 2 is 1.56 bits per heavy atom. The van der Waals surface area contributed by atoms with Crippen LogP contribution in [0, 0.1) is 0 Å². The highest BCUT2D eigenvalue weighted by Crippen LogP contribution is 2.28. The van der Waals surface area contributed by atoms with Gasteiger partial charge in [0, 0.05) is 5.56 Å². The molecule has 0 atom stereocenters. The van der Waals surface area contributed by atoms with E-state index in [1.165, 1.54) is 13.3 Å². The lowest BCUT2D eigenvalue weighted by molar-refractivity contribution is -0.121. The van der Waals surface area contributed by atoms with E-state index in [9.17, 15) is 9.90 Å². The number of methoxy groups -OCH3 is 1. The number of ether oxygens (including phenoxy) is 1. The Labute approximate surface area is 157 Å². The summed E-state index contributed by atoms with van der Waals surface area (Å²) in [5.41, 5.74) is 4.77.